The van der Waals surface area contributed by atoms with E-state index in [1.54, 1.807) is 13.8 Å². The standard InChI is InChI=1S/C13H18N2O3/c1-12(2)14-11(10-8-6-5-7-9-10)13(17-3,18-4)15(12)16/h5-9,16H,1-4H3. The van der Waals surface area contributed by atoms with E-state index in [-0.39, 0.29) is 0 Å². The van der Waals surface area contributed by atoms with Gasteiger partial charge in [-0.1, -0.05) is 30.3 Å². The Hall–Kier alpha value is -1.27. The Labute approximate surface area is 107 Å². The lowest BCUT2D eigenvalue weighted by Crippen LogP contribution is -2.57. The normalized spacial score (nSPS) is 21.9. The molecule has 5 heteroatoms. The van der Waals surface area contributed by atoms with Crippen LogP contribution in [-0.4, -0.2) is 41.8 Å². The molecule has 0 atom stereocenters. The quantitative estimate of drug-likeness (QED) is 0.832. The van der Waals surface area contributed by atoms with E-state index in [1.807, 2.05) is 30.3 Å². The summed E-state index contributed by atoms with van der Waals surface area (Å²) in [5.41, 5.74) is 0.600. The van der Waals surface area contributed by atoms with Crippen molar-refractivity contribution in [3.63, 3.8) is 0 Å². The molecule has 1 aliphatic heterocycles. The van der Waals surface area contributed by atoms with Gasteiger partial charge in [0.1, 0.15) is 11.4 Å². The molecule has 0 unspecified atom stereocenters. The van der Waals surface area contributed by atoms with E-state index in [0.29, 0.717) is 5.71 Å². The van der Waals surface area contributed by atoms with Gasteiger partial charge in [0.25, 0.3) is 5.91 Å². The summed E-state index contributed by atoms with van der Waals surface area (Å²) in [7, 11) is 2.96. The van der Waals surface area contributed by atoms with Gasteiger partial charge in [0.15, 0.2) is 0 Å². The molecule has 0 fully saturated rings. The van der Waals surface area contributed by atoms with Gasteiger partial charge in [-0.05, 0) is 13.8 Å². The lowest BCUT2D eigenvalue weighted by atomic mass is 10.1. The molecule has 1 aromatic carbocycles. The molecule has 2 rings (SSSR count). The highest BCUT2D eigenvalue weighted by molar-refractivity contribution is 6.06. The first-order valence-corrected chi connectivity index (χ1v) is 5.73. The summed E-state index contributed by atoms with van der Waals surface area (Å²) < 4.78 is 10.8. The molecule has 0 saturated heterocycles. The van der Waals surface area contributed by atoms with Crippen molar-refractivity contribution in [2.45, 2.75) is 25.4 Å². The van der Waals surface area contributed by atoms with Crippen LogP contribution in [-0.2, 0) is 9.47 Å². The zero-order valence-electron chi connectivity index (χ0n) is 11.0. The first-order valence-electron chi connectivity index (χ1n) is 5.73. The summed E-state index contributed by atoms with van der Waals surface area (Å²) in [6.45, 7) is 3.57. The minimum atomic E-state index is -1.37. The third kappa shape index (κ3) is 1.76. The van der Waals surface area contributed by atoms with Gasteiger partial charge >= 0.3 is 0 Å². The number of benzene rings is 1. The largest absolute Gasteiger partial charge is 0.334 e. The van der Waals surface area contributed by atoms with Crippen LogP contribution >= 0.6 is 0 Å². The third-order valence-corrected chi connectivity index (χ3v) is 3.08. The molecular weight excluding hydrogens is 232 g/mol. The fourth-order valence-electron chi connectivity index (χ4n) is 2.14. The van der Waals surface area contributed by atoms with Crippen molar-refractivity contribution in [2.24, 2.45) is 4.99 Å². The average Bonchev–Trinajstić information content (AvgIpc) is 2.60. The van der Waals surface area contributed by atoms with Crippen molar-refractivity contribution in [3.8, 4) is 0 Å². The monoisotopic (exact) mass is 250 g/mol. The SMILES string of the molecule is COC1(OC)C(c2ccccc2)=NC(C)(C)N1O. The molecule has 1 heterocycles. The van der Waals surface area contributed by atoms with Crippen molar-refractivity contribution in [1.82, 2.24) is 5.06 Å². The van der Waals surface area contributed by atoms with Crippen LogP contribution in [0.2, 0.25) is 0 Å². The van der Waals surface area contributed by atoms with Crippen LogP contribution in [0, 0.1) is 0 Å². The smallest absolute Gasteiger partial charge is 0.300 e. The maximum atomic E-state index is 10.3. The van der Waals surface area contributed by atoms with E-state index < -0.39 is 11.6 Å². The van der Waals surface area contributed by atoms with Gasteiger partial charge in [-0.15, -0.1) is 5.06 Å². The summed E-state index contributed by atoms with van der Waals surface area (Å²) in [5.74, 6) is -1.37. The molecule has 1 aliphatic rings. The number of hydroxylamine groups is 2. The Bertz CT molecular complexity index is 453. The molecule has 0 spiro atoms. The van der Waals surface area contributed by atoms with Crippen molar-refractivity contribution in [1.29, 1.82) is 0 Å². The van der Waals surface area contributed by atoms with Gasteiger partial charge in [-0.3, -0.25) is 4.99 Å². The second-order valence-corrected chi connectivity index (χ2v) is 4.62. The molecule has 98 valence electrons. The van der Waals surface area contributed by atoms with Crippen LogP contribution in [0.4, 0.5) is 0 Å². The maximum Gasteiger partial charge on any atom is 0.300 e. The summed E-state index contributed by atoms with van der Waals surface area (Å²) >= 11 is 0. The summed E-state index contributed by atoms with van der Waals surface area (Å²) in [4.78, 5) is 4.51. The minimum Gasteiger partial charge on any atom is -0.334 e. The first-order chi connectivity index (χ1) is 8.48. The Morgan fingerprint density at radius 1 is 1.11 bits per heavy atom. The zero-order chi connectivity index (χ0) is 13.4. The number of aliphatic imine (C=N–C) groups is 1. The molecule has 0 aliphatic carbocycles. The van der Waals surface area contributed by atoms with Gasteiger partial charge in [0, 0.05) is 19.8 Å². The maximum absolute atomic E-state index is 10.3. The Morgan fingerprint density at radius 2 is 1.67 bits per heavy atom. The van der Waals surface area contributed by atoms with Crippen molar-refractivity contribution >= 4 is 5.71 Å². The molecule has 0 amide bonds. The number of methoxy groups -OCH3 is 2. The Kier molecular flexibility index (Phi) is 3.25. The number of nitrogens with zero attached hydrogens (tertiary/aromatic N) is 2. The van der Waals surface area contributed by atoms with E-state index >= 15 is 0 Å². The Morgan fingerprint density at radius 3 is 2.17 bits per heavy atom. The van der Waals surface area contributed by atoms with E-state index in [1.165, 1.54) is 14.2 Å². The highest BCUT2D eigenvalue weighted by atomic mass is 16.8. The van der Waals surface area contributed by atoms with E-state index in [9.17, 15) is 5.21 Å². The summed E-state index contributed by atoms with van der Waals surface area (Å²) in [5, 5.41) is 11.3. The van der Waals surface area contributed by atoms with Crippen LogP contribution in [0.25, 0.3) is 0 Å². The van der Waals surface area contributed by atoms with E-state index in [0.717, 1.165) is 10.6 Å². The van der Waals surface area contributed by atoms with Crippen molar-refractivity contribution in [3.05, 3.63) is 35.9 Å². The lowest BCUT2D eigenvalue weighted by Gasteiger charge is -2.36. The fraction of sp³-hybridized carbons (Fsp3) is 0.462. The summed E-state index contributed by atoms with van der Waals surface area (Å²) in [6, 6.07) is 9.53. The number of rotatable bonds is 3. The van der Waals surface area contributed by atoms with Gasteiger partial charge in [0.2, 0.25) is 0 Å². The van der Waals surface area contributed by atoms with Crippen LogP contribution in [0.15, 0.2) is 35.3 Å². The first kappa shape index (κ1) is 13.2. The van der Waals surface area contributed by atoms with E-state index in [4.69, 9.17) is 9.47 Å². The minimum absolute atomic E-state index is 0.556. The van der Waals surface area contributed by atoms with Gasteiger partial charge in [0.05, 0.1) is 0 Å². The van der Waals surface area contributed by atoms with Crippen molar-refractivity contribution in [2.75, 3.05) is 14.2 Å². The highest BCUT2D eigenvalue weighted by Crippen LogP contribution is 2.36. The second-order valence-electron chi connectivity index (χ2n) is 4.62. The highest BCUT2D eigenvalue weighted by Gasteiger charge is 2.55. The topological polar surface area (TPSA) is 54.3 Å². The predicted molar refractivity (Wildman–Crippen MR) is 67.4 cm³/mol. The molecule has 0 saturated carbocycles. The van der Waals surface area contributed by atoms with Gasteiger partial charge in [-0.25, -0.2) is 0 Å². The molecule has 0 radical (unpaired) electrons. The summed E-state index contributed by atoms with van der Waals surface area (Å²) in [6.07, 6.45) is 0. The molecular formula is C13H18N2O3. The fourth-order valence-corrected chi connectivity index (χ4v) is 2.14. The predicted octanol–water partition coefficient (Wildman–Crippen LogP) is 1.86. The van der Waals surface area contributed by atoms with E-state index in [2.05, 4.69) is 4.99 Å². The molecule has 18 heavy (non-hydrogen) atoms. The molecule has 1 N–H and O–H groups in total. The molecule has 1 aromatic rings. The third-order valence-electron chi connectivity index (χ3n) is 3.08. The van der Waals surface area contributed by atoms with Gasteiger partial charge in [-0.2, -0.15) is 0 Å². The van der Waals surface area contributed by atoms with Crippen LogP contribution < -0.4 is 0 Å². The number of hydrogen-bond donors (Lipinski definition) is 1. The molecule has 0 aromatic heterocycles. The second kappa shape index (κ2) is 4.44. The van der Waals surface area contributed by atoms with Gasteiger partial charge < -0.3 is 14.7 Å². The van der Waals surface area contributed by atoms with Crippen molar-refractivity contribution < 1.29 is 14.7 Å². The lowest BCUT2D eigenvalue weighted by molar-refractivity contribution is -0.359. The van der Waals surface area contributed by atoms with Crippen LogP contribution in [0.5, 0.6) is 0 Å². The number of ether oxygens (including phenoxy) is 2. The molecule has 0 bridgehead atoms. The molecule has 5 nitrogen and oxygen atoms in total. The van der Waals surface area contributed by atoms with Crippen LogP contribution in [0.1, 0.15) is 19.4 Å². The van der Waals surface area contributed by atoms with Crippen LogP contribution in [0.3, 0.4) is 0 Å². The average molecular weight is 250 g/mol. The zero-order valence-corrected chi connectivity index (χ0v) is 11.0. The number of hydrogen-bond acceptors (Lipinski definition) is 5. The Balaban J connectivity index is 2.56.